The quantitative estimate of drug-likeness (QED) is 0.569. The van der Waals surface area contributed by atoms with Crippen molar-refractivity contribution in [1.29, 1.82) is 0 Å². The molecule has 7 heteroatoms. The molecule has 1 N–H and O–H groups in total. The fourth-order valence-electron chi connectivity index (χ4n) is 5.56. The Morgan fingerprint density at radius 2 is 1.97 bits per heavy atom. The van der Waals surface area contributed by atoms with Crippen LogP contribution in [-0.4, -0.2) is 27.5 Å². The highest BCUT2D eigenvalue weighted by molar-refractivity contribution is 5.76. The molecule has 1 aromatic heterocycles. The minimum atomic E-state index is -0.349. The normalized spacial score (nSPS) is 25.1. The zero-order chi connectivity index (χ0) is 21.0. The molecule has 2 fully saturated rings. The molecule has 1 saturated carbocycles. The second kappa shape index (κ2) is 6.68. The molecule has 1 aliphatic carbocycles. The van der Waals surface area contributed by atoms with Crippen LogP contribution in [-0.2, 0) is 0 Å². The van der Waals surface area contributed by atoms with Gasteiger partial charge in [0.2, 0.25) is 11.6 Å². The Bertz CT molecular complexity index is 974. The summed E-state index contributed by atoms with van der Waals surface area (Å²) in [6.07, 6.45) is 4.63. The van der Waals surface area contributed by atoms with Crippen LogP contribution in [0.3, 0.4) is 0 Å². The summed E-state index contributed by atoms with van der Waals surface area (Å²) in [5, 5.41) is 15.3. The Morgan fingerprint density at radius 1 is 1.21 bits per heavy atom. The number of rotatable bonds is 4. The summed E-state index contributed by atoms with van der Waals surface area (Å²) in [5.41, 5.74) is 3.34. The molecule has 0 spiro atoms. The molecule has 7 nitrogen and oxygen atoms in total. The van der Waals surface area contributed by atoms with E-state index in [2.05, 4.69) is 41.0 Å². The fourth-order valence-corrected chi connectivity index (χ4v) is 5.56. The van der Waals surface area contributed by atoms with Crippen LogP contribution in [0.1, 0.15) is 51.2 Å². The first kappa shape index (κ1) is 19.6. The topological polar surface area (TPSA) is 84.2 Å². The van der Waals surface area contributed by atoms with Gasteiger partial charge >= 0.3 is 5.69 Å². The molecule has 2 heterocycles. The number of nitrogens with one attached hydrogen (secondary N) is 1. The van der Waals surface area contributed by atoms with Gasteiger partial charge in [0.05, 0.1) is 4.92 Å². The lowest BCUT2D eigenvalue weighted by molar-refractivity contribution is -0.383. The van der Waals surface area contributed by atoms with Crippen molar-refractivity contribution in [3.63, 3.8) is 0 Å². The molecule has 1 saturated heterocycles. The molecule has 1 aromatic carbocycles. The van der Waals surface area contributed by atoms with Gasteiger partial charge in [-0.3, -0.25) is 10.1 Å². The van der Waals surface area contributed by atoms with Crippen molar-refractivity contribution in [3.05, 3.63) is 45.8 Å². The fraction of sp³-hybridized carbons (Fsp3) is 0.545. The Balaban J connectivity index is 1.75. The lowest BCUT2D eigenvalue weighted by Gasteiger charge is -2.39. The first-order valence-corrected chi connectivity index (χ1v) is 10.2. The zero-order valence-corrected chi connectivity index (χ0v) is 17.8. The molecule has 2 aliphatic rings. The second-order valence-electron chi connectivity index (χ2n) is 9.87. The lowest BCUT2D eigenvalue weighted by atomic mass is 9.65. The molecule has 4 rings (SSSR count). The first-order chi connectivity index (χ1) is 13.6. The van der Waals surface area contributed by atoms with E-state index < -0.39 is 0 Å². The number of aromatic nitrogens is 2. The molecule has 1 aliphatic heterocycles. The van der Waals surface area contributed by atoms with E-state index in [1.165, 1.54) is 6.33 Å². The number of hydrogen-bond acceptors (Lipinski definition) is 6. The molecule has 0 radical (unpaired) electrons. The molecule has 2 atom stereocenters. The van der Waals surface area contributed by atoms with Crippen LogP contribution < -0.4 is 10.2 Å². The van der Waals surface area contributed by atoms with E-state index in [1.54, 1.807) is 0 Å². The highest BCUT2D eigenvalue weighted by Gasteiger charge is 2.51. The maximum absolute atomic E-state index is 12.1. The van der Waals surface area contributed by atoms with Gasteiger partial charge in [-0.1, -0.05) is 32.9 Å². The summed E-state index contributed by atoms with van der Waals surface area (Å²) >= 11 is 0. The molecule has 29 heavy (non-hydrogen) atoms. The van der Waals surface area contributed by atoms with Gasteiger partial charge in [-0.25, -0.2) is 9.97 Å². The minimum absolute atomic E-state index is 0.0395. The SMILES string of the molecule is Cc1cccc(Nc2ncnc(N3CC4(C)CC3CC(C)(C)C4)c2[N+](=O)[O-])c1C. The van der Waals surface area contributed by atoms with E-state index in [9.17, 15) is 10.1 Å². The van der Waals surface area contributed by atoms with Crippen molar-refractivity contribution in [1.82, 2.24) is 9.97 Å². The van der Waals surface area contributed by atoms with Gasteiger partial charge in [0.15, 0.2) is 0 Å². The minimum Gasteiger partial charge on any atom is -0.347 e. The Labute approximate surface area is 171 Å². The van der Waals surface area contributed by atoms with Crippen LogP contribution >= 0.6 is 0 Å². The maximum atomic E-state index is 12.1. The predicted molar refractivity (Wildman–Crippen MR) is 115 cm³/mol. The number of aryl methyl sites for hydroxylation is 1. The standard InChI is InChI=1S/C22H29N5O2/c1-14-7-6-8-17(15(14)2)25-19-18(27(28)29)20(24-13-23-19)26-12-22(5)10-16(26)9-21(3,4)11-22/h6-8,13,16H,9-12H2,1-5H3,(H,23,24,25). The number of nitro groups is 1. The molecule has 0 amide bonds. The molecular weight excluding hydrogens is 366 g/mol. The molecule has 154 valence electrons. The van der Waals surface area contributed by atoms with E-state index in [-0.39, 0.29) is 33.3 Å². The van der Waals surface area contributed by atoms with E-state index in [1.807, 2.05) is 32.0 Å². The third-order valence-electron chi connectivity index (χ3n) is 6.53. The average molecular weight is 396 g/mol. The highest BCUT2D eigenvalue weighted by atomic mass is 16.6. The summed E-state index contributed by atoms with van der Waals surface area (Å²) in [6, 6.07) is 6.14. The van der Waals surface area contributed by atoms with Crippen LogP contribution in [0.25, 0.3) is 0 Å². The van der Waals surface area contributed by atoms with Gasteiger partial charge in [0.1, 0.15) is 6.33 Å². The van der Waals surface area contributed by atoms with E-state index in [0.717, 1.165) is 42.6 Å². The molecule has 2 bridgehead atoms. The molecule has 2 unspecified atom stereocenters. The Hall–Kier alpha value is -2.70. The van der Waals surface area contributed by atoms with Crippen molar-refractivity contribution in [3.8, 4) is 0 Å². The van der Waals surface area contributed by atoms with E-state index in [0.29, 0.717) is 5.82 Å². The summed E-state index contributed by atoms with van der Waals surface area (Å²) < 4.78 is 0. The summed E-state index contributed by atoms with van der Waals surface area (Å²) in [5.74, 6) is 0.684. The Kier molecular flexibility index (Phi) is 4.52. The van der Waals surface area contributed by atoms with Crippen molar-refractivity contribution < 1.29 is 4.92 Å². The van der Waals surface area contributed by atoms with Crippen molar-refractivity contribution in [2.24, 2.45) is 10.8 Å². The smallest absolute Gasteiger partial charge is 0.347 e. The number of benzene rings is 1. The zero-order valence-electron chi connectivity index (χ0n) is 17.8. The Morgan fingerprint density at radius 3 is 2.69 bits per heavy atom. The van der Waals surface area contributed by atoms with Crippen LogP contribution in [0.15, 0.2) is 24.5 Å². The van der Waals surface area contributed by atoms with Gasteiger partial charge in [-0.2, -0.15) is 0 Å². The van der Waals surface area contributed by atoms with Crippen molar-refractivity contribution in [2.75, 3.05) is 16.8 Å². The second-order valence-corrected chi connectivity index (χ2v) is 9.87. The van der Waals surface area contributed by atoms with Crippen molar-refractivity contribution in [2.45, 2.75) is 59.9 Å². The summed E-state index contributed by atoms with van der Waals surface area (Å²) in [6.45, 7) is 11.7. The van der Waals surface area contributed by atoms with Crippen LogP contribution in [0.5, 0.6) is 0 Å². The van der Waals surface area contributed by atoms with Crippen molar-refractivity contribution >= 4 is 23.0 Å². The molecule has 2 aromatic rings. The third kappa shape index (κ3) is 3.54. The third-order valence-corrected chi connectivity index (χ3v) is 6.53. The van der Waals surface area contributed by atoms with E-state index in [4.69, 9.17) is 0 Å². The molecular formula is C22H29N5O2. The summed E-state index contributed by atoms with van der Waals surface area (Å²) in [7, 11) is 0. The van der Waals surface area contributed by atoms with Crippen LogP contribution in [0.2, 0.25) is 0 Å². The number of anilines is 3. The van der Waals surface area contributed by atoms with E-state index >= 15 is 0 Å². The average Bonchev–Trinajstić information content (AvgIpc) is 2.87. The lowest BCUT2D eigenvalue weighted by Crippen LogP contribution is -2.35. The summed E-state index contributed by atoms with van der Waals surface area (Å²) in [4.78, 5) is 22.5. The van der Waals surface area contributed by atoms with Gasteiger partial charge in [0, 0.05) is 18.3 Å². The number of nitrogens with zero attached hydrogens (tertiary/aromatic N) is 4. The predicted octanol–water partition coefficient (Wildman–Crippen LogP) is 5.15. The van der Waals surface area contributed by atoms with Gasteiger partial charge in [0.25, 0.3) is 0 Å². The highest BCUT2D eigenvalue weighted by Crippen LogP contribution is 2.54. The maximum Gasteiger partial charge on any atom is 0.353 e. The number of hydrogen-bond donors (Lipinski definition) is 1. The van der Waals surface area contributed by atoms with Gasteiger partial charge in [-0.15, -0.1) is 0 Å². The number of fused-ring (bicyclic) bond motifs is 2. The largest absolute Gasteiger partial charge is 0.353 e. The van der Waals surface area contributed by atoms with Crippen LogP contribution in [0.4, 0.5) is 23.0 Å². The monoisotopic (exact) mass is 395 g/mol. The van der Waals surface area contributed by atoms with Gasteiger partial charge < -0.3 is 10.2 Å². The van der Waals surface area contributed by atoms with Gasteiger partial charge in [-0.05, 0) is 61.1 Å². The van der Waals surface area contributed by atoms with Crippen LogP contribution in [0, 0.1) is 34.8 Å². The first-order valence-electron chi connectivity index (χ1n) is 10.2.